The molecule has 2 unspecified atom stereocenters. The third kappa shape index (κ3) is 5.24. The lowest BCUT2D eigenvalue weighted by Crippen LogP contribution is -2.36. The van der Waals surface area contributed by atoms with Gasteiger partial charge in [0.25, 0.3) is 0 Å². The maximum absolute atomic E-state index is 10.8. The van der Waals surface area contributed by atoms with Gasteiger partial charge in [0.1, 0.15) is 6.04 Å². The van der Waals surface area contributed by atoms with Crippen molar-refractivity contribution in [2.45, 2.75) is 44.5 Å². The summed E-state index contributed by atoms with van der Waals surface area (Å²) >= 11 is 1.62. The molecule has 0 spiro atoms. The fourth-order valence-corrected chi connectivity index (χ4v) is 2.53. The highest BCUT2D eigenvalue weighted by atomic mass is 32.2. The van der Waals surface area contributed by atoms with E-state index in [1.165, 1.54) is 0 Å². The Balaban J connectivity index is 2.31. The first-order chi connectivity index (χ1) is 9.58. The lowest BCUT2D eigenvalue weighted by atomic mass is 10.2. The van der Waals surface area contributed by atoms with E-state index < -0.39 is 12.0 Å². The summed E-state index contributed by atoms with van der Waals surface area (Å²) < 4.78 is 1.95. The summed E-state index contributed by atoms with van der Waals surface area (Å²) in [4.78, 5) is 21.1. The van der Waals surface area contributed by atoms with Gasteiger partial charge in [-0.1, -0.05) is 6.92 Å². The molecule has 0 radical (unpaired) electrons. The summed E-state index contributed by atoms with van der Waals surface area (Å²) in [6.07, 6.45) is 3.84. The van der Waals surface area contributed by atoms with Crippen LogP contribution in [0.2, 0.25) is 0 Å². The van der Waals surface area contributed by atoms with Crippen LogP contribution in [0.5, 0.6) is 0 Å². The van der Waals surface area contributed by atoms with Crippen LogP contribution in [0.25, 0.3) is 0 Å². The van der Waals surface area contributed by atoms with Gasteiger partial charge in [0, 0.05) is 18.0 Å². The fourth-order valence-electron chi connectivity index (χ4n) is 1.63. The molecular weight excluding hydrogens is 278 g/mol. The first kappa shape index (κ1) is 16.6. The molecule has 2 N–H and O–H groups in total. The molecule has 1 aromatic heterocycles. The number of nitrogens with zero attached hydrogens (tertiary/aromatic N) is 2. The van der Waals surface area contributed by atoms with Crippen LogP contribution in [0, 0.1) is 0 Å². The Kier molecular flexibility index (Phi) is 7.14. The molecular formula is C13H21N3O3S. The molecule has 1 rings (SSSR count). The van der Waals surface area contributed by atoms with E-state index in [1.54, 1.807) is 11.8 Å². The number of carbonyl (C=O) groups excluding carboxylic acids is 1. The zero-order valence-electron chi connectivity index (χ0n) is 11.8. The van der Waals surface area contributed by atoms with Gasteiger partial charge < -0.3 is 10.4 Å². The first-order valence-corrected chi connectivity index (χ1v) is 7.78. The minimum absolute atomic E-state index is 0.391. The molecule has 0 aromatic carbocycles. The molecule has 1 amide bonds. The van der Waals surface area contributed by atoms with Crippen molar-refractivity contribution in [3.8, 4) is 0 Å². The summed E-state index contributed by atoms with van der Waals surface area (Å²) in [5.74, 6) is 0.406. The average molecular weight is 299 g/mol. The van der Waals surface area contributed by atoms with Crippen molar-refractivity contribution in [3.05, 3.63) is 18.0 Å². The number of amides is 1. The predicted molar refractivity (Wildman–Crippen MR) is 78.6 cm³/mol. The molecule has 20 heavy (non-hydrogen) atoms. The SMILES string of the molecule is CCC(C)n1ccc(CSCCC(NC=O)C(=O)O)n1. The molecule has 2 atom stereocenters. The zero-order chi connectivity index (χ0) is 15.0. The molecule has 0 saturated heterocycles. The third-order valence-corrected chi connectivity index (χ3v) is 4.10. The minimum atomic E-state index is -1.00. The van der Waals surface area contributed by atoms with Gasteiger partial charge in [-0.15, -0.1) is 0 Å². The highest BCUT2D eigenvalue weighted by Crippen LogP contribution is 2.15. The van der Waals surface area contributed by atoms with Gasteiger partial charge in [0.2, 0.25) is 6.41 Å². The van der Waals surface area contributed by atoms with Crippen molar-refractivity contribution in [3.63, 3.8) is 0 Å². The van der Waals surface area contributed by atoms with Gasteiger partial charge >= 0.3 is 5.97 Å². The number of hydrogen-bond acceptors (Lipinski definition) is 4. The Morgan fingerprint density at radius 1 is 1.65 bits per heavy atom. The van der Waals surface area contributed by atoms with E-state index in [9.17, 15) is 9.59 Å². The zero-order valence-corrected chi connectivity index (χ0v) is 12.6. The second kappa shape index (κ2) is 8.63. The van der Waals surface area contributed by atoms with Gasteiger partial charge in [0.05, 0.1) is 5.69 Å². The lowest BCUT2D eigenvalue weighted by molar-refractivity contribution is -0.140. The smallest absolute Gasteiger partial charge is 0.326 e. The van der Waals surface area contributed by atoms with E-state index in [-0.39, 0.29) is 0 Å². The number of aliphatic carboxylic acids is 1. The number of thioether (sulfide) groups is 1. The van der Waals surface area contributed by atoms with Crippen LogP contribution in [-0.4, -0.2) is 39.1 Å². The largest absolute Gasteiger partial charge is 0.480 e. The Labute approximate surface area is 122 Å². The lowest BCUT2D eigenvalue weighted by Gasteiger charge is -2.10. The molecule has 1 heterocycles. The van der Waals surface area contributed by atoms with E-state index in [0.29, 0.717) is 24.6 Å². The molecule has 0 fully saturated rings. The summed E-state index contributed by atoms with van der Waals surface area (Å²) in [7, 11) is 0. The van der Waals surface area contributed by atoms with Crippen LogP contribution < -0.4 is 5.32 Å². The maximum atomic E-state index is 10.8. The topological polar surface area (TPSA) is 84.2 Å². The molecule has 1 aromatic rings. The molecule has 0 saturated carbocycles. The van der Waals surface area contributed by atoms with Gasteiger partial charge in [0.15, 0.2) is 0 Å². The van der Waals surface area contributed by atoms with Crippen LogP contribution in [-0.2, 0) is 15.3 Å². The van der Waals surface area contributed by atoms with Crippen LogP contribution in [0.15, 0.2) is 12.3 Å². The Morgan fingerprint density at radius 2 is 2.40 bits per heavy atom. The number of carboxylic acid groups (broad SMARTS) is 1. The van der Waals surface area contributed by atoms with Crippen molar-refractivity contribution in [2.75, 3.05) is 5.75 Å². The standard InChI is InChI=1S/C13H21N3O3S/c1-3-10(2)16-6-4-11(15-16)8-20-7-5-12(13(18)19)14-9-17/h4,6,9-10,12H,3,5,7-8H2,1-2H3,(H,14,17)(H,18,19). The van der Waals surface area contributed by atoms with E-state index in [2.05, 4.69) is 24.3 Å². The van der Waals surface area contributed by atoms with Gasteiger partial charge in [-0.3, -0.25) is 9.48 Å². The number of hydrogen-bond donors (Lipinski definition) is 2. The predicted octanol–water partition coefficient (Wildman–Crippen LogP) is 1.68. The van der Waals surface area contributed by atoms with Crippen LogP contribution >= 0.6 is 11.8 Å². The first-order valence-electron chi connectivity index (χ1n) is 6.62. The summed E-state index contributed by atoms with van der Waals surface area (Å²) in [5.41, 5.74) is 0.991. The number of nitrogens with one attached hydrogen (secondary N) is 1. The van der Waals surface area contributed by atoms with Crippen molar-refractivity contribution in [2.24, 2.45) is 0 Å². The molecule has 112 valence electrons. The highest BCUT2D eigenvalue weighted by molar-refractivity contribution is 7.98. The van der Waals surface area contributed by atoms with Crippen LogP contribution in [0.3, 0.4) is 0 Å². The van der Waals surface area contributed by atoms with Crippen molar-refractivity contribution >= 4 is 24.1 Å². The number of aromatic nitrogens is 2. The molecule has 6 nitrogen and oxygen atoms in total. The van der Waals surface area contributed by atoms with Gasteiger partial charge in [-0.2, -0.15) is 16.9 Å². The fraction of sp³-hybridized carbons (Fsp3) is 0.615. The maximum Gasteiger partial charge on any atom is 0.326 e. The van der Waals surface area contributed by atoms with Crippen molar-refractivity contribution in [1.82, 2.24) is 15.1 Å². The summed E-state index contributed by atoms with van der Waals surface area (Å²) in [6.45, 7) is 4.24. The summed E-state index contributed by atoms with van der Waals surface area (Å²) in [5, 5.41) is 15.6. The number of carbonyl (C=O) groups is 2. The highest BCUT2D eigenvalue weighted by Gasteiger charge is 2.15. The van der Waals surface area contributed by atoms with E-state index >= 15 is 0 Å². The van der Waals surface area contributed by atoms with Crippen molar-refractivity contribution in [1.29, 1.82) is 0 Å². The second-order valence-electron chi connectivity index (χ2n) is 4.56. The molecule has 0 aliphatic rings. The Hall–Kier alpha value is -1.50. The molecule has 0 bridgehead atoms. The van der Waals surface area contributed by atoms with Crippen molar-refractivity contribution < 1.29 is 14.7 Å². The molecule has 0 aliphatic carbocycles. The average Bonchev–Trinajstić information content (AvgIpc) is 2.90. The monoisotopic (exact) mass is 299 g/mol. The van der Waals surface area contributed by atoms with E-state index in [4.69, 9.17) is 5.11 Å². The minimum Gasteiger partial charge on any atom is -0.480 e. The second-order valence-corrected chi connectivity index (χ2v) is 5.67. The quantitative estimate of drug-likeness (QED) is 0.507. The molecule has 0 aliphatic heterocycles. The Bertz CT molecular complexity index is 436. The van der Waals surface area contributed by atoms with E-state index in [0.717, 1.165) is 17.9 Å². The van der Waals surface area contributed by atoms with Crippen LogP contribution in [0.1, 0.15) is 38.4 Å². The number of carboxylic acids is 1. The Morgan fingerprint density at radius 3 is 3.00 bits per heavy atom. The normalized spacial score (nSPS) is 13.7. The summed E-state index contributed by atoms with van der Waals surface area (Å²) in [6, 6.07) is 1.57. The van der Waals surface area contributed by atoms with Crippen LogP contribution in [0.4, 0.5) is 0 Å². The van der Waals surface area contributed by atoms with Gasteiger partial charge in [-0.25, -0.2) is 4.79 Å². The number of rotatable bonds is 10. The molecule has 7 heteroatoms. The van der Waals surface area contributed by atoms with E-state index in [1.807, 2.05) is 16.9 Å². The van der Waals surface area contributed by atoms with Gasteiger partial charge in [-0.05, 0) is 31.6 Å². The third-order valence-electron chi connectivity index (χ3n) is 3.07.